The lowest BCUT2D eigenvalue weighted by atomic mass is 10.2. The number of unbranched alkanes of at least 4 members (excludes halogenated alkanes) is 2. The van der Waals surface area contributed by atoms with Gasteiger partial charge in [-0.3, -0.25) is 0 Å². The smallest absolute Gasteiger partial charge is 0.0643 e. The quantitative estimate of drug-likeness (QED) is 0.408. The number of methoxy groups -OCH3 is 1. The van der Waals surface area contributed by atoms with Crippen molar-refractivity contribution < 1.29 is 4.74 Å². The van der Waals surface area contributed by atoms with Crippen LogP contribution in [-0.2, 0) is 4.74 Å². The third-order valence-corrected chi connectivity index (χ3v) is 1.15. The first-order chi connectivity index (χ1) is 4.41. The van der Waals surface area contributed by atoms with Gasteiger partial charge in [0.1, 0.15) is 0 Å². The molecule has 0 amide bonds. The highest BCUT2D eigenvalue weighted by molar-refractivity contribution is 4.80. The van der Waals surface area contributed by atoms with Crippen molar-refractivity contribution in [2.24, 2.45) is 0 Å². The SMILES string of the molecule is CCCC/C=C/COC. The number of allylic oxidation sites excluding steroid dienone is 1. The summed E-state index contributed by atoms with van der Waals surface area (Å²) in [5.41, 5.74) is 0. The molecule has 0 rings (SSSR count). The molecule has 0 fully saturated rings. The van der Waals surface area contributed by atoms with Gasteiger partial charge in [-0.15, -0.1) is 0 Å². The first-order valence-electron chi connectivity index (χ1n) is 3.55. The molecule has 0 aliphatic rings. The van der Waals surface area contributed by atoms with Crippen LogP contribution in [0.3, 0.4) is 0 Å². The highest BCUT2D eigenvalue weighted by atomic mass is 16.5. The van der Waals surface area contributed by atoms with Crippen LogP contribution in [0.5, 0.6) is 0 Å². The zero-order valence-electron chi connectivity index (χ0n) is 6.39. The molecule has 0 spiro atoms. The van der Waals surface area contributed by atoms with Gasteiger partial charge in [0.25, 0.3) is 0 Å². The number of hydrogen-bond donors (Lipinski definition) is 0. The second-order valence-corrected chi connectivity index (χ2v) is 2.07. The molecule has 1 heteroatoms. The maximum atomic E-state index is 4.84. The number of rotatable bonds is 5. The van der Waals surface area contributed by atoms with Crippen molar-refractivity contribution in [3.63, 3.8) is 0 Å². The van der Waals surface area contributed by atoms with Crippen molar-refractivity contribution in [1.29, 1.82) is 0 Å². The van der Waals surface area contributed by atoms with Gasteiger partial charge in [-0.05, 0) is 6.42 Å². The highest BCUT2D eigenvalue weighted by Gasteiger charge is 1.76. The Kier molecular flexibility index (Phi) is 7.44. The van der Waals surface area contributed by atoms with E-state index in [1.165, 1.54) is 19.3 Å². The standard InChI is InChI=1S/C8H16O/c1-3-4-5-6-7-8-9-2/h6-7H,3-5,8H2,1-2H3/b7-6+. The summed E-state index contributed by atoms with van der Waals surface area (Å²) in [5.74, 6) is 0. The lowest BCUT2D eigenvalue weighted by molar-refractivity contribution is 0.233. The van der Waals surface area contributed by atoms with Gasteiger partial charge in [0, 0.05) is 7.11 Å². The van der Waals surface area contributed by atoms with Crippen molar-refractivity contribution in [2.45, 2.75) is 26.2 Å². The van der Waals surface area contributed by atoms with Gasteiger partial charge in [-0.2, -0.15) is 0 Å². The zero-order valence-corrected chi connectivity index (χ0v) is 6.39. The van der Waals surface area contributed by atoms with Crippen LogP contribution in [0.15, 0.2) is 12.2 Å². The van der Waals surface area contributed by atoms with Gasteiger partial charge in [0.05, 0.1) is 6.61 Å². The van der Waals surface area contributed by atoms with E-state index in [0.29, 0.717) is 0 Å². The van der Waals surface area contributed by atoms with E-state index in [9.17, 15) is 0 Å². The molecule has 0 aliphatic carbocycles. The predicted octanol–water partition coefficient (Wildman–Crippen LogP) is 2.38. The van der Waals surface area contributed by atoms with Crippen LogP contribution in [0.1, 0.15) is 26.2 Å². The third kappa shape index (κ3) is 7.70. The van der Waals surface area contributed by atoms with Gasteiger partial charge in [-0.25, -0.2) is 0 Å². The molecular formula is C8H16O. The third-order valence-electron chi connectivity index (χ3n) is 1.15. The average molecular weight is 128 g/mol. The normalized spacial score (nSPS) is 10.9. The van der Waals surface area contributed by atoms with E-state index in [0.717, 1.165) is 6.61 Å². The summed E-state index contributed by atoms with van der Waals surface area (Å²) >= 11 is 0. The number of ether oxygens (including phenoxy) is 1. The summed E-state index contributed by atoms with van der Waals surface area (Å²) in [7, 11) is 1.71. The Hall–Kier alpha value is -0.300. The maximum absolute atomic E-state index is 4.84. The van der Waals surface area contributed by atoms with Crippen LogP contribution < -0.4 is 0 Å². The molecule has 0 radical (unpaired) electrons. The molecule has 0 bridgehead atoms. The molecule has 0 saturated heterocycles. The number of hydrogen-bond acceptors (Lipinski definition) is 1. The molecular weight excluding hydrogens is 112 g/mol. The minimum Gasteiger partial charge on any atom is -0.381 e. The summed E-state index contributed by atoms with van der Waals surface area (Å²) in [5, 5.41) is 0. The van der Waals surface area contributed by atoms with Crippen LogP contribution in [-0.4, -0.2) is 13.7 Å². The van der Waals surface area contributed by atoms with E-state index in [2.05, 4.69) is 19.1 Å². The Balaban J connectivity index is 2.86. The molecule has 0 unspecified atom stereocenters. The van der Waals surface area contributed by atoms with Gasteiger partial charge < -0.3 is 4.74 Å². The Labute approximate surface area is 57.7 Å². The lowest BCUT2D eigenvalue weighted by Crippen LogP contribution is -1.79. The molecule has 0 N–H and O–H groups in total. The summed E-state index contributed by atoms with van der Waals surface area (Å²) in [6.07, 6.45) is 8.00. The van der Waals surface area contributed by atoms with Crippen molar-refractivity contribution in [1.82, 2.24) is 0 Å². The zero-order chi connectivity index (χ0) is 6.95. The fraction of sp³-hybridized carbons (Fsp3) is 0.750. The molecule has 54 valence electrons. The molecule has 0 saturated carbocycles. The molecule has 0 aromatic heterocycles. The fourth-order valence-corrected chi connectivity index (χ4v) is 0.604. The lowest BCUT2D eigenvalue weighted by Gasteiger charge is -1.88. The van der Waals surface area contributed by atoms with Crippen LogP contribution in [0.4, 0.5) is 0 Å². The Morgan fingerprint density at radius 3 is 2.67 bits per heavy atom. The summed E-state index contributed by atoms with van der Waals surface area (Å²) < 4.78 is 4.84. The summed E-state index contributed by atoms with van der Waals surface area (Å²) in [6.45, 7) is 2.95. The van der Waals surface area contributed by atoms with E-state index >= 15 is 0 Å². The fourth-order valence-electron chi connectivity index (χ4n) is 0.604. The van der Waals surface area contributed by atoms with E-state index < -0.39 is 0 Å². The van der Waals surface area contributed by atoms with Gasteiger partial charge >= 0.3 is 0 Å². The van der Waals surface area contributed by atoms with Crippen LogP contribution >= 0.6 is 0 Å². The maximum Gasteiger partial charge on any atom is 0.0643 e. The molecule has 0 aromatic carbocycles. The van der Waals surface area contributed by atoms with Crippen molar-refractivity contribution in [3.8, 4) is 0 Å². The van der Waals surface area contributed by atoms with Crippen LogP contribution in [0.25, 0.3) is 0 Å². The van der Waals surface area contributed by atoms with Gasteiger partial charge in [0.15, 0.2) is 0 Å². The molecule has 9 heavy (non-hydrogen) atoms. The van der Waals surface area contributed by atoms with E-state index in [4.69, 9.17) is 4.74 Å². The van der Waals surface area contributed by atoms with E-state index in [1.807, 2.05) is 0 Å². The first-order valence-corrected chi connectivity index (χ1v) is 3.55. The Morgan fingerprint density at radius 2 is 2.11 bits per heavy atom. The second-order valence-electron chi connectivity index (χ2n) is 2.07. The van der Waals surface area contributed by atoms with Crippen LogP contribution in [0.2, 0.25) is 0 Å². The van der Waals surface area contributed by atoms with Crippen molar-refractivity contribution in [3.05, 3.63) is 12.2 Å². The molecule has 0 aliphatic heterocycles. The Morgan fingerprint density at radius 1 is 1.33 bits per heavy atom. The highest BCUT2D eigenvalue weighted by Crippen LogP contribution is 1.93. The van der Waals surface area contributed by atoms with Gasteiger partial charge in [0.2, 0.25) is 0 Å². The molecule has 1 nitrogen and oxygen atoms in total. The minimum absolute atomic E-state index is 0.754. The average Bonchev–Trinajstić information content (AvgIpc) is 1.89. The Bertz CT molecular complexity index is 67.0. The van der Waals surface area contributed by atoms with E-state index in [1.54, 1.807) is 7.11 Å². The summed E-state index contributed by atoms with van der Waals surface area (Å²) in [4.78, 5) is 0. The minimum atomic E-state index is 0.754. The van der Waals surface area contributed by atoms with E-state index in [-0.39, 0.29) is 0 Å². The van der Waals surface area contributed by atoms with Crippen molar-refractivity contribution in [2.75, 3.05) is 13.7 Å². The monoisotopic (exact) mass is 128 g/mol. The summed E-state index contributed by atoms with van der Waals surface area (Å²) in [6, 6.07) is 0. The van der Waals surface area contributed by atoms with Gasteiger partial charge in [-0.1, -0.05) is 31.9 Å². The predicted molar refractivity (Wildman–Crippen MR) is 40.5 cm³/mol. The van der Waals surface area contributed by atoms with Crippen molar-refractivity contribution >= 4 is 0 Å². The topological polar surface area (TPSA) is 9.23 Å². The first kappa shape index (κ1) is 8.70. The second kappa shape index (κ2) is 7.70. The van der Waals surface area contributed by atoms with Crippen LogP contribution in [0, 0.1) is 0 Å². The molecule has 0 heterocycles. The molecule has 0 aromatic rings. The molecule has 0 atom stereocenters. The largest absolute Gasteiger partial charge is 0.381 e.